The third-order valence-corrected chi connectivity index (χ3v) is 6.71. The van der Waals surface area contributed by atoms with E-state index in [2.05, 4.69) is 10.9 Å². The maximum Gasteiger partial charge on any atom is 0.335 e. The highest BCUT2D eigenvalue weighted by Gasteiger charge is 2.23. The van der Waals surface area contributed by atoms with Crippen molar-refractivity contribution in [3.8, 4) is 16.9 Å². The first-order valence-electron chi connectivity index (χ1n) is 8.59. The normalized spacial score (nSPS) is 11.9. The van der Waals surface area contributed by atoms with Crippen molar-refractivity contribution in [3.63, 3.8) is 0 Å². The van der Waals surface area contributed by atoms with Gasteiger partial charge in [-0.1, -0.05) is 42.5 Å². The molecule has 136 valence electrons. The van der Waals surface area contributed by atoms with Gasteiger partial charge in [0.05, 0.1) is 30.8 Å². The molecule has 3 aromatic rings. The van der Waals surface area contributed by atoms with E-state index in [1.165, 1.54) is 0 Å². The highest BCUT2D eigenvalue weighted by Crippen LogP contribution is 2.51. The fourth-order valence-electron chi connectivity index (χ4n) is 2.61. The predicted molar refractivity (Wildman–Crippen MR) is 106 cm³/mol. The van der Waals surface area contributed by atoms with Gasteiger partial charge in [-0.2, -0.15) is 5.10 Å². The van der Waals surface area contributed by atoms with Crippen molar-refractivity contribution >= 4 is 15.9 Å². The molecule has 2 aromatic carbocycles. The number of hydrogen-bond donors (Lipinski definition) is 0. The molecule has 0 aliphatic rings. The first-order valence-corrected chi connectivity index (χ1v) is 11.2. The average Bonchev–Trinajstić information content (AvgIpc) is 3.13. The lowest BCUT2D eigenvalue weighted by molar-refractivity contribution is 0.219. The van der Waals surface area contributed by atoms with Crippen molar-refractivity contribution in [1.29, 1.82) is 0 Å². The summed E-state index contributed by atoms with van der Waals surface area (Å²) in [6.07, 6.45) is 0.277. The average molecular weight is 388 g/mol. The minimum Gasteiger partial charge on any atom is -0.309 e. The maximum atomic E-state index is 12.6. The molecular weight excluding hydrogens is 366 g/mol. The second-order valence-corrected chi connectivity index (χ2v) is 8.58. The summed E-state index contributed by atoms with van der Waals surface area (Å²) >= 11 is 0. The van der Waals surface area contributed by atoms with E-state index in [1.54, 1.807) is 0 Å². The molecule has 0 radical (unpaired) electrons. The van der Waals surface area contributed by atoms with E-state index in [-0.39, 0.29) is 6.16 Å². The Morgan fingerprint density at radius 1 is 1.00 bits per heavy atom. The Bertz CT molecular complexity index is 869. The maximum absolute atomic E-state index is 12.6. The third-order valence-electron chi connectivity index (χ3n) is 3.76. The lowest BCUT2D eigenvalue weighted by Gasteiger charge is -2.17. The lowest BCUT2D eigenvalue weighted by atomic mass is 10.1. The van der Waals surface area contributed by atoms with E-state index in [4.69, 9.17) is 9.05 Å². The zero-order chi connectivity index (χ0) is 18.4. The van der Waals surface area contributed by atoms with Gasteiger partial charge in [0, 0.05) is 19.7 Å². The van der Waals surface area contributed by atoms with Gasteiger partial charge in [-0.25, -0.2) is 4.44 Å². The van der Waals surface area contributed by atoms with E-state index in [1.807, 2.05) is 72.9 Å². The zero-order valence-corrected chi connectivity index (χ0v) is 16.7. The number of rotatable bonds is 8. The lowest BCUT2D eigenvalue weighted by Crippen LogP contribution is -1.99. The van der Waals surface area contributed by atoms with Gasteiger partial charge in [0.2, 0.25) is 0 Å². The summed E-state index contributed by atoms with van der Waals surface area (Å²) in [6, 6.07) is 18.0. The Morgan fingerprint density at radius 3 is 2.27 bits per heavy atom. The Balaban J connectivity index is 1.76. The fraction of sp³-hybridized carbons (Fsp3) is 0.263. The molecule has 5 nitrogen and oxygen atoms in total. The highest BCUT2D eigenvalue weighted by molar-refractivity contribution is 7.53. The number of nitrogens with zero attached hydrogens (tertiary/aromatic N) is 2. The van der Waals surface area contributed by atoms with Crippen molar-refractivity contribution < 1.29 is 13.6 Å². The summed E-state index contributed by atoms with van der Waals surface area (Å²) in [5.74, 6) is 2.08. The van der Waals surface area contributed by atoms with Gasteiger partial charge in [-0.05, 0) is 31.5 Å². The Kier molecular flexibility index (Phi) is 6.39. The quantitative estimate of drug-likeness (QED) is 0.452. The molecule has 26 heavy (non-hydrogen) atoms. The van der Waals surface area contributed by atoms with E-state index in [0.29, 0.717) is 13.2 Å². The van der Waals surface area contributed by atoms with Gasteiger partial charge in [-0.15, -0.1) is 0 Å². The Morgan fingerprint density at radius 2 is 1.65 bits per heavy atom. The Labute approximate surface area is 155 Å². The zero-order valence-electron chi connectivity index (χ0n) is 14.9. The standard InChI is InChI=1S/C19H22N2O3P2/c1-3-23-26(22,24-4-2)15-16-10-12-17(13-11-16)19-14-25-21(20-19)18-8-6-5-7-9-18/h5-14H,3-4,15H2,1-2H3. The molecule has 0 aliphatic carbocycles. The summed E-state index contributed by atoms with van der Waals surface area (Å²) in [7, 11) is -2.06. The molecule has 7 heteroatoms. The largest absolute Gasteiger partial charge is 0.335 e. The summed E-state index contributed by atoms with van der Waals surface area (Å²) in [6.45, 7) is 4.38. The van der Waals surface area contributed by atoms with Crippen molar-refractivity contribution in [2.24, 2.45) is 0 Å². The van der Waals surface area contributed by atoms with Gasteiger partial charge in [0.1, 0.15) is 0 Å². The van der Waals surface area contributed by atoms with E-state index in [0.717, 1.165) is 30.9 Å². The van der Waals surface area contributed by atoms with Crippen LogP contribution in [-0.4, -0.2) is 22.8 Å². The molecule has 0 spiro atoms. The highest BCUT2D eigenvalue weighted by atomic mass is 31.2. The van der Waals surface area contributed by atoms with E-state index >= 15 is 0 Å². The van der Waals surface area contributed by atoms with Crippen molar-refractivity contribution in [2.75, 3.05) is 13.2 Å². The van der Waals surface area contributed by atoms with Gasteiger partial charge < -0.3 is 9.05 Å². The van der Waals surface area contributed by atoms with E-state index in [9.17, 15) is 4.57 Å². The van der Waals surface area contributed by atoms with Crippen LogP contribution < -0.4 is 0 Å². The monoisotopic (exact) mass is 388 g/mol. The number of para-hydroxylation sites is 1. The molecule has 0 fully saturated rings. The van der Waals surface area contributed by atoms with Gasteiger partial charge in [-0.3, -0.25) is 4.57 Å². The molecular formula is C19H22N2O3P2. The van der Waals surface area contributed by atoms with E-state index < -0.39 is 7.60 Å². The second kappa shape index (κ2) is 8.75. The van der Waals surface area contributed by atoms with Crippen molar-refractivity contribution in [2.45, 2.75) is 20.0 Å². The molecule has 0 saturated carbocycles. The van der Waals surface area contributed by atoms with Crippen LogP contribution in [0.2, 0.25) is 0 Å². The number of benzene rings is 2. The van der Waals surface area contributed by atoms with Crippen molar-refractivity contribution in [1.82, 2.24) is 9.54 Å². The molecule has 3 rings (SSSR count). The number of aromatic nitrogens is 2. The van der Waals surface area contributed by atoms with Crippen LogP contribution in [0.1, 0.15) is 19.4 Å². The van der Waals surface area contributed by atoms with Crippen LogP contribution in [0.15, 0.2) is 60.4 Å². The smallest absolute Gasteiger partial charge is 0.309 e. The molecule has 1 aromatic heterocycles. The molecule has 0 atom stereocenters. The predicted octanol–water partition coefficient (Wildman–Crippen LogP) is 5.89. The SMILES string of the molecule is CCOP(=O)(Cc1ccc(-c2cpn(-c3ccccc3)n2)cc1)OCC. The van der Waals surface area contributed by atoms with Crippen LogP contribution >= 0.6 is 15.9 Å². The molecule has 0 aliphatic heterocycles. The second-order valence-electron chi connectivity index (χ2n) is 5.66. The first-order chi connectivity index (χ1) is 12.6. The third kappa shape index (κ3) is 4.69. The topological polar surface area (TPSA) is 53.4 Å². The molecule has 0 bridgehead atoms. The van der Waals surface area contributed by atoms with Crippen LogP contribution in [0, 0.1) is 0 Å². The van der Waals surface area contributed by atoms with Gasteiger partial charge in [0.25, 0.3) is 0 Å². The summed E-state index contributed by atoms with van der Waals surface area (Å²) in [5, 5.41) is 4.67. The molecule has 0 N–H and O–H groups in total. The molecule has 0 amide bonds. The Hall–Kier alpha value is -1.77. The van der Waals surface area contributed by atoms with Crippen LogP contribution in [0.25, 0.3) is 16.9 Å². The van der Waals surface area contributed by atoms with Crippen LogP contribution in [0.3, 0.4) is 0 Å². The fourth-order valence-corrected chi connectivity index (χ4v) is 5.14. The van der Waals surface area contributed by atoms with Crippen LogP contribution in [-0.2, 0) is 19.8 Å². The molecule has 1 heterocycles. The number of hydrogen-bond acceptors (Lipinski definition) is 4. The summed E-state index contributed by atoms with van der Waals surface area (Å²) in [4.78, 5) is 0. The minimum absolute atomic E-state index is 0.277. The van der Waals surface area contributed by atoms with Gasteiger partial charge in [0.15, 0.2) is 0 Å². The first kappa shape index (κ1) is 19.0. The van der Waals surface area contributed by atoms with Crippen LogP contribution in [0.4, 0.5) is 0 Å². The molecule has 0 saturated heterocycles. The molecule has 0 unspecified atom stereocenters. The minimum atomic E-state index is -3.08. The summed E-state index contributed by atoms with van der Waals surface area (Å²) in [5.41, 5.74) is 3.95. The van der Waals surface area contributed by atoms with Crippen molar-refractivity contribution in [3.05, 3.63) is 66.0 Å². The van der Waals surface area contributed by atoms with Gasteiger partial charge >= 0.3 is 7.60 Å². The summed E-state index contributed by atoms with van der Waals surface area (Å²) < 4.78 is 25.3. The van der Waals surface area contributed by atoms with Crippen LogP contribution in [0.5, 0.6) is 0 Å².